The first kappa shape index (κ1) is 4.15. The molecule has 0 aliphatic heterocycles. The molecule has 1 radical (unpaired) electrons. The zero-order valence-electron chi connectivity index (χ0n) is 1.63. The molecule has 0 amide bonds. The van der Waals surface area contributed by atoms with E-state index >= 15 is 0 Å². The van der Waals surface area contributed by atoms with Crippen LogP contribution in [0.5, 0.6) is 0 Å². The van der Waals surface area contributed by atoms with Gasteiger partial charge in [-0.25, -0.2) is 0 Å². The molecule has 0 spiro atoms. The van der Waals surface area contributed by atoms with Gasteiger partial charge in [0.15, 0.2) is 0 Å². The lowest BCUT2D eigenvalue weighted by molar-refractivity contribution is 0.367. The van der Waals surface area contributed by atoms with Crippen LogP contribution in [0.4, 0.5) is 8.78 Å². The maximum Gasteiger partial charge on any atom is 0.398 e. The SMILES string of the molecule is F[C](F)Cl. The van der Waals surface area contributed by atoms with E-state index in [1.54, 1.807) is 0 Å². The second-order valence-electron chi connectivity index (χ2n) is 0.214. The lowest BCUT2D eigenvalue weighted by Gasteiger charge is -1.62. The van der Waals surface area contributed by atoms with Gasteiger partial charge in [-0.05, 0) is 11.6 Å². The lowest BCUT2D eigenvalue weighted by Crippen LogP contribution is -1.45. The van der Waals surface area contributed by atoms with Crippen molar-refractivity contribution in [2.24, 2.45) is 0 Å². The first-order valence-corrected chi connectivity index (χ1v) is 0.945. The molecule has 0 aromatic carbocycles. The molecule has 0 unspecified atom stereocenters. The normalized spacial score (nSPS) is 9.00. The molecule has 0 nitrogen and oxygen atoms in total. The number of hydrogen-bond acceptors (Lipinski definition) is 0. The van der Waals surface area contributed by atoms with E-state index in [-0.39, 0.29) is 0 Å². The molecule has 0 atom stereocenters. The van der Waals surface area contributed by atoms with Gasteiger partial charge >= 0.3 is 5.88 Å². The first-order chi connectivity index (χ1) is 1.73. The molecule has 0 aromatic heterocycles. The van der Waals surface area contributed by atoms with Crippen molar-refractivity contribution in [2.75, 3.05) is 0 Å². The molecule has 0 bridgehead atoms. The van der Waals surface area contributed by atoms with E-state index in [9.17, 15) is 8.78 Å². The van der Waals surface area contributed by atoms with E-state index in [0.29, 0.717) is 0 Å². The van der Waals surface area contributed by atoms with Crippen LogP contribution in [0.3, 0.4) is 0 Å². The smallest absolute Gasteiger partial charge is 0.179 e. The van der Waals surface area contributed by atoms with Crippen molar-refractivity contribution in [3.05, 3.63) is 5.88 Å². The summed E-state index contributed by atoms with van der Waals surface area (Å²) in [5.41, 5.74) is 0. The van der Waals surface area contributed by atoms with Gasteiger partial charge in [0.05, 0.1) is 0 Å². The van der Waals surface area contributed by atoms with Gasteiger partial charge in [-0.2, -0.15) is 8.78 Å². The minimum Gasteiger partial charge on any atom is -0.179 e. The summed E-state index contributed by atoms with van der Waals surface area (Å²) >= 11 is 3.86. The Bertz CT molecular complexity index is 10.8. The van der Waals surface area contributed by atoms with Gasteiger partial charge in [-0.3, -0.25) is 0 Å². The van der Waals surface area contributed by atoms with Crippen molar-refractivity contribution >= 4 is 11.6 Å². The largest absolute Gasteiger partial charge is 0.398 e. The molecular weight excluding hydrogens is 85.5 g/mol. The fourth-order valence-electron chi connectivity index (χ4n) is 0. The molecule has 0 saturated carbocycles. The summed E-state index contributed by atoms with van der Waals surface area (Å²) in [7, 11) is 0. The molecule has 3 heteroatoms. The highest BCUT2D eigenvalue weighted by Gasteiger charge is 1.89. The van der Waals surface area contributed by atoms with Crippen molar-refractivity contribution < 1.29 is 8.78 Å². The van der Waals surface area contributed by atoms with Crippen molar-refractivity contribution in [3.8, 4) is 0 Å². The Labute approximate surface area is 27.4 Å². The third-order valence-electron chi connectivity index (χ3n) is 0. The van der Waals surface area contributed by atoms with Gasteiger partial charge < -0.3 is 0 Å². The van der Waals surface area contributed by atoms with E-state index in [2.05, 4.69) is 11.6 Å². The van der Waals surface area contributed by atoms with Crippen LogP contribution in [-0.2, 0) is 0 Å². The van der Waals surface area contributed by atoms with Crippen LogP contribution in [0.1, 0.15) is 0 Å². The Kier molecular flexibility index (Phi) is 1.52. The summed E-state index contributed by atoms with van der Waals surface area (Å²) in [6.45, 7) is 0. The number of rotatable bonds is 0. The predicted molar refractivity (Wildman–Crippen MR) is 11.3 cm³/mol. The number of halogens is 3. The molecule has 0 N–H and O–H groups in total. The zero-order chi connectivity index (χ0) is 3.58. The Morgan fingerprint density at radius 2 is 1.50 bits per heavy atom. The van der Waals surface area contributed by atoms with Gasteiger partial charge in [-0.15, -0.1) is 0 Å². The molecule has 0 heterocycles. The third-order valence-corrected chi connectivity index (χ3v) is 0. The summed E-state index contributed by atoms with van der Waals surface area (Å²) in [5, 5.41) is 0. The molecule has 0 aromatic rings. The monoisotopic (exact) mass is 85.0 g/mol. The van der Waals surface area contributed by atoms with Crippen molar-refractivity contribution in [2.45, 2.75) is 0 Å². The zero-order valence-corrected chi connectivity index (χ0v) is 2.39. The standard InChI is InChI=1S/CClF2/c2-1(3)4. The van der Waals surface area contributed by atoms with Crippen LogP contribution in [0.25, 0.3) is 0 Å². The molecule has 0 aliphatic rings. The van der Waals surface area contributed by atoms with Crippen LogP contribution in [0.15, 0.2) is 0 Å². The van der Waals surface area contributed by atoms with Crippen LogP contribution >= 0.6 is 11.6 Å². The van der Waals surface area contributed by atoms with Crippen molar-refractivity contribution in [1.29, 1.82) is 0 Å². The molecule has 0 saturated heterocycles. The second kappa shape index (κ2) is 1.47. The fraction of sp³-hybridized carbons (Fsp3) is 0. The maximum absolute atomic E-state index is 10.0. The van der Waals surface area contributed by atoms with Gasteiger partial charge in [0.1, 0.15) is 0 Å². The summed E-state index contributed by atoms with van der Waals surface area (Å²) in [6.07, 6.45) is 0. The predicted octanol–water partition coefficient (Wildman–Crippen LogP) is 1.61. The highest BCUT2D eigenvalue weighted by molar-refractivity contribution is 6.24. The third kappa shape index (κ3) is 126. The first-order valence-electron chi connectivity index (χ1n) is 0.567. The van der Waals surface area contributed by atoms with Crippen molar-refractivity contribution in [3.63, 3.8) is 0 Å². The van der Waals surface area contributed by atoms with E-state index in [0.717, 1.165) is 0 Å². The average Bonchev–Trinajstić information content (AvgIpc) is 0.811. The molecule has 0 rings (SSSR count). The highest BCUT2D eigenvalue weighted by atomic mass is 35.5. The second-order valence-corrected chi connectivity index (χ2v) is 0.500. The van der Waals surface area contributed by atoms with E-state index in [1.165, 1.54) is 0 Å². The quantitative estimate of drug-likeness (QED) is 0.419. The summed E-state index contributed by atoms with van der Waals surface area (Å²) < 4.78 is 20.0. The Balaban J connectivity index is 2.32. The van der Waals surface area contributed by atoms with Crippen LogP contribution in [0, 0.1) is 5.88 Å². The Hall–Kier alpha value is 0.150. The Morgan fingerprint density at radius 3 is 1.50 bits per heavy atom. The van der Waals surface area contributed by atoms with Gasteiger partial charge in [-0.1, -0.05) is 0 Å². The van der Waals surface area contributed by atoms with Crippen LogP contribution in [0.2, 0.25) is 0 Å². The highest BCUT2D eigenvalue weighted by Crippen LogP contribution is 2.05. The minimum atomic E-state index is -2.11. The Morgan fingerprint density at radius 1 is 1.50 bits per heavy atom. The van der Waals surface area contributed by atoms with E-state index in [1.807, 2.05) is 0 Å². The van der Waals surface area contributed by atoms with Crippen LogP contribution < -0.4 is 0 Å². The molecule has 0 fully saturated rings. The topological polar surface area (TPSA) is 0 Å². The molecule has 25 valence electrons. The van der Waals surface area contributed by atoms with Crippen LogP contribution in [-0.4, -0.2) is 0 Å². The fourth-order valence-corrected chi connectivity index (χ4v) is 0. The van der Waals surface area contributed by atoms with E-state index < -0.39 is 5.88 Å². The molecule has 4 heavy (non-hydrogen) atoms. The maximum atomic E-state index is 10.0. The van der Waals surface area contributed by atoms with Crippen molar-refractivity contribution in [1.82, 2.24) is 0 Å². The van der Waals surface area contributed by atoms with Gasteiger partial charge in [0.2, 0.25) is 0 Å². The summed E-state index contributed by atoms with van der Waals surface area (Å²) in [4.78, 5) is 0. The summed E-state index contributed by atoms with van der Waals surface area (Å²) in [5.74, 6) is -2.11. The minimum absolute atomic E-state index is 2.11. The van der Waals surface area contributed by atoms with Gasteiger partial charge in [0.25, 0.3) is 0 Å². The average molecular weight is 85.5 g/mol. The van der Waals surface area contributed by atoms with Gasteiger partial charge in [0, 0.05) is 0 Å². The van der Waals surface area contributed by atoms with E-state index in [4.69, 9.17) is 0 Å². The lowest BCUT2D eigenvalue weighted by atomic mass is 11.7. The number of hydrogen-bond donors (Lipinski definition) is 0. The molecule has 0 aliphatic carbocycles. The summed E-state index contributed by atoms with van der Waals surface area (Å²) in [6, 6.07) is 0. The molecular formula is CClF2.